The predicted octanol–water partition coefficient (Wildman–Crippen LogP) is 3.19. The topological polar surface area (TPSA) is 58.4 Å². The molecular weight excluding hydrogens is 373 g/mol. The molecule has 2 amide bonds. The van der Waals surface area contributed by atoms with Crippen molar-refractivity contribution >= 4 is 11.8 Å². The van der Waals surface area contributed by atoms with E-state index in [1.807, 2.05) is 0 Å². The van der Waals surface area contributed by atoms with E-state index in [2.05, 4.69) is 5.10 Å². The third kappa shape index (κ3) is 3.04. The van der Waals surface area contributed by atoms with E-state index >= 15 is 0 Å². The fourth-order valence-corrected chi connectivity index (χ4v) is 3.79. The Morgan fingerprint density at radius 2 is 1.64 bits per heavy atom. The summed E-state index contributed by atoms with van der Waals surface area (Å²) in [6.07, 6.45) is -0.231. The Kier molecular flexibility index (Phi) is 4.40. The summed E-state index contributed by atoms with van der Waals surface area (Å²) in [6.45, 7) is 2.40. The Labute approximate surface area is 159 Å². The van der Waals surface area contributed by atoms with Gasteiger partial charge in [0.15, 0.2) is 0 Å². The van der Waals surface area contributed by atoms with Crippen LogP contribution in [0.15, 0.2) is 30.5 Å². The van der Waals surface area contributed by atoms with Gasteiger partial charge in [0.1, 0.15) is 0 Å². The van der Waals surface area contributed by atoms with Gasteiger partial charge in [-0.1, -0.05) is 6.07 Å². The fourth-order valence-electron chi connectivity index (χ4n) is 3.79. The quantitative estimate of drug-likeness (QED) is 0.738. The van der Waals surface area contributed by atoms with E-state index in [1.165, 1.54) is 40.0 Å². The summed E-state index contributed by atoms with van der Waals surface area (Å²) in [5.74, 6) is -0.629. The molecule has 0 N–H and O–H groups in total. The number of amides is 2. The van der Waals surface area contributed by atoms with Gasteiger partial charge in [0.2, 0.25) is 6.04 Å². The number of aryl methyl sites for hydroxylation is 1. The van der Waals surface area contributed by atoms with Crippen LogP contribution in [0.25, 0.3) is 11.3 Å². The van der Waals surface area contributed by atoms with Gasteiger partial charge in [-0.3, -0.25) is 9.59 Å². The number of carbonyl (C=O) groups excluding carboxylic acids is 2. The number of hydrogen-bond donors (Lipinski definition) is 0. The van der Waals surface area contributed by atoms with Crippen LogP contribution in [0.4, 0.5) is 13.2 Å². The molecule has 2 fully saturated rings. The van der Waals surface area contributed by atoms with Gasteiger partial charge in [0.05, 0.1) is 11.3 Å². The van der Waals surface area contributed by atoms with E-state index in [9.17, 15) is 22.8 Å². The molecule has 0 aliphatic carbocycles. The smallest absolute Gasteiger partial charge is 0.270 e. The van der Waals surface area contributed by atoms with E-state index in [4.69, 9.17) is 0 Å². The number of fused-ring (bicyclic) bond motifs is 1. The maximum Gasteiger partial charge on any atom is 0.416 e. The highest BCUT2D eigenvalue weighted by atomic mass is 19.4. The lowest BCUT2D eigenvalue weighted by Gasteiger charge is -2.24. The maximum atomic E-state index is 12.9. The van der Waals surface area contributed by atoms with E-state index in [0.717, 1.165) is 25.3 Å². The summed E-state index contributed by atoms with van der Waals surface area (Å²) in [4.78, 5) is 25.5. The molecular formula is C19H19F3N4O2. The number of hydrazine groups is 1. The largest absolute Gasteiger partial charge is 0.416 e. The molecule has 0 saturated carbocycles. The first-order valence-corrected chi connectivity index (χ1v) is 9.13. The third-order valence-electron chi connectivity index (χ3n) is 5.21. The van der Waals surface area contributed by atoms with Gasteiger partial charge in [0, 0.05) is 24.8 Å². The van der Waals surface area contributed by atoms with Gasteiger partial charge in [0.25, 0.3) is 11.8 Å². The minimum atomic E-state index is -4.41. The van der Waals surface area contributed by atoms with Crippen LogP contribution < -0.4 is 0 Å². The normalized spacial score (nSPS) is 18.6. The van der Waals surface area contributed by atoms with Crippen molar-refractivity contribution in [1.82, 2.24) is 19.8 Å². The van der Waals surface area contributed by atoms with Crippen LogP contribution in [0.5, 0.6) is 0 Å². The van der Waals surface area contributed by atoms with E-state index in [-0.39, 0.29) is 17.4 Å². The second-order valence-corrected chi connectivity index (χ2v) is 7.09. The molecule has 1 aromatic heterocycles. The van der Waals surface area contributed by atoms with Crippen LogP contribution in [0.3, 0.4) is 0 Å². The van der Waals surface area contributed by atoms with Gasteiger partial charge in [-0.05, 0) is 49.9 Å². The van der Waals surface area contributed by atoms with E-state index in [1.54, 1.807) is 6.07 Å². The second kappa shape index (κ2) is 6.65. The summed E-state index contributed by atoms with van der Waals surface area (Å²) in [7, 11) is 0. The average molecular weight is 392 g/mol. The summed E-state index contributed by atoms with van der Waals surface area (Å²) in [5, 5.41) is 7.30. The number of benzene rings is 1. The standard InChI is InChI=1S/C19H19F3N4O2/c1-12-11-13(5-6-14(12)19(20,21)22)15-7-10-24(23-15)16-17(27)25-8-3-2-4-9-26(25)18(16)28/h5-7,10-11,16H,2-4,8-9H2,1H3. The Hall–Kier alpha value is -2.84. The summed E-state index contributed by atoms with van der Waals surface area (Å²) < 4.78 is 40.2. The second-order valence-electron chi connectivity index (χ2n) is 7.09. The van der Waals surface area contributed by atoms with Crippen LogP contribution in [-0.2, 0) is 15.8 Å². The minimum Gasteiger partial charge on any atom is -0.270 e. The highest BCUT2D eigenvalue weighted by molar-refractivity contribution is 6.07. The Balaban J connectivity index is 1.62. The highest BCUT2D eigenvalue weighted by Crippen LogP contribution is 2.34. The van der Waals surface area contributed by atoms with Crippen LogP contribution in [0, 0.1) is 6.92 Å². The molecule has 0 unspecified atom stereocenters. The van der Waals surface area contributed by atoms with Crippen LogP contribution in [0.2, 0.25) is 0 Å². The number of alkyl halides is 3. The van der Waals surface area contributed by atoms with Crippen molar-refractivity contribution in [2.75, 3.05) is 13.1 Å². The first-order chi connectivity index (χ1) is 13.3. The lowest BCUT2D eigenvalue weighted by atomic mass is 10.0. The molecule has 6 nitrogen and oxygen atoms in total. The molecule has 0 radical (unpaired) electrons. The van der Waals surface area contributed by atoms with Crippen molar-refractivity contribution in [3.05, 3.63) is 41.6 Å². The Morgan fingerprint density at radius 3 is 2.21 bits per heavy atom. The number of carbonyl (C=O) groups is 2. The Bertz CT molecular complexity index is 914. The molecule has 2 aromatic rings. The molecule has 9 heteroatoms. The average Bonchev–Trinajstić information content (AvgIpc) is 3.07. The molecule has 0 atom stereocenters. The third-order valence-corrected chi connectivity index (χ3v) is 5.21. The zero-order valence-electron chi connectivity index (χ0n) is 15.2. The molecule has 4 rings (SSSR count). The zero-order chi connectivity index (χ0) is 20.1. The zero-order valence-corrected chi connectivity index (χ0v) is 15.2. The predicted molar refractivity (Wildman–Crippen MR) is 93.7 cm³/mol. The molecule has 28 heavy (non-hydrogen) atoms. The van der Waals surface area contributed by atoms with Crippen molar-refractivity contribution < 1.29 is 22.8 Å². The van der Waals surface area contributed by atoms with E-state index in [0.29, 0.717) is 24.3 Å². The first-order valence-electron chi connectivity index (χ1n) is 9.13. The molecule has 148 valence electrons. The van der Waals surface area contributed by atoms with E-state index < -0.39 is 17.8 Å². The van der Waals surface area contributed by atoms with Crippen molar-refractivity contribution in [2.45, 2.75) is 38.4 Å². The molecule has 2 aliphatic rings. The van der Waals surface area contributed by atoms with Crippen LogP contribution in [0.1, 0.15) is 36.4 Å². The van der Waals surface area contributed by atoms with Gasteiger partial charge >= 0.3 is 6.18 Å². The van der Waals surface area contributed by atoms with Crippen LogP contribution >= 0.6 is 0 Å². The number of nitrogens with zero attached hydrogens (tertiary/aromatic N) is 4. The number of aromatic nitrogens is 2. The summed E-state index contributed by atoms with van der Waals surface area (Å²) in [5.41, 5.74) is 0.302. The van der Waals surface area contributed by atoms with Crippen molar-refractivity contribution in [2.24, 2.45) is 0 Å². The van der Waals surface area contributed by atoms with Gasteiger partial charge < -0.3 is 0 Å². The lowest BCUT2D eigenvalue weighted by Crippen LogP contribution is -2.40. The van der Waals surface area contributed by atoms with Gasteiger partial charge in [-0.25, -0.2) is 14.7 Å². The fraction of sp³-hybridized carbons (Fsp3) is 0.421. The molecule has 3 heterocycles. The first kappa shape index (κ1) is 18.5. The number of hydrogen-bond acceptors (Lipinski definition) is 3. The van der Waals surface area contributed by atoms with Gasteiger partial charge in [-0.2, -0.15) is 18.3 Å². The molecule has 2 aliphatic heterocycles. The maximum absolute atomic E-state index is 12.9. The molecule has 0 bridgehead atoms. The molecule has 1 aromatic carbocycles. The van der Waals surface area contributed by atoms with Gasteiger partial charge in [-0.15, -0.1) is 0 Å². The van der Waals surface area contributed by atoms with Crippen molar-refractivity contribution in [3.63, 3.8) is 0 Å². The van der Waals surface area contributed by atoms with Crippen molar-refractivity contribution in [1.29, 1.82) is 0 Å². The Morgan fingerprint density at radius 1 is 1.00 bits per heavy atom. The van der Waals surface area contributed by atoms with Crippen molar-refractivity contribution in [3.8, 4) is 11.3 Å². The molecule has 2 saturated heterocycles. The monoisotopic (exact) mass is 392 g/mol. The lowest BCUT2D eigenvalue weighted by molar-refractivity contribution is -0.145. The summed E-state index contributed by atoms with van der Waals surface area (Å²) in [6, 6.07) is 4.32. The number of rotatable bonds is 2. The molecule has 0 spiro atoms. The van der Waals surface area contributed by atoms with Crippen LogP contribution in [-0.4, -0.2) is 44.7 Å². The minimum absolute atomic E-state index is 0.0899. The number of halogens is 3. The highest BCUT2D eigenvalue weighted by Gasteiger charge is 2.47. The SMILES string of the molecule is Cc1cc(-c2ccn(C3C(=O)N4CCCCCN4C3=O)n2)ccc1C(F)(F)F. The summed E-state index contributed by atoms with van der Waals surface area (Å²) >= 11 is 0.